The van der Waals surface area contributed by atoms with Crippen LogP contribution in [0.2, 0.25) is 5.02 Å². The SMILES string of the molecule is O[C@@H]1CO[C@H]2[C@@H]1OC[C@H]2Oc1nc2nc(C[C@@H]3COc4cc(F)cc(F)c43)c(Cl)cc2[nH]1. The second-order valence-electron chi connectivity index (χ2n) is 8.16. The van der Waals surface area contributed by atoms with Gasteiger partial charge in [0.15, 0.2) is 11.8 Å². The van der Waals surface area contributed by atoms with Crippen LogP contribution in [0.15, 0.2) is 18.2 Å². The normalized spacial score (nSPS) is 28.7. The summed E-state index contributed by atoms with van der Waals surface area (Å²) in [5.41, 5.74) is 1.81. The highest BCUT2D eigenvalue weighted by molar-refractivity contribution is 6.31. The molecule has 5 atom stereocenters. The molecule has 2 aromatic heterocycles. The summed E-state index contributed by atoms with van der Waals surface area (Å²) in [6, 6.07) is 3.94. The maximum atomic E-state index is 14.3. The Morgan fingerprint density at radius 3 is 2.84 bits per heavy atom. The number of aliphatic hydroxyl groups excluding tert-OH is 1. The smallest absolute Gasteiger partial charge is 0.296 e. The summed E-state index contributed by atoms with van der Waals surface area (Å²) in [5, 5.41) is 10.2. The number of nitrogens with zero attached hydrogens (tertiary/aromatic N) is 2. The predicted molar refractivity (Wildman–Crippen MR) is 107 cm³/mol. The van der Waals surface area contributed by atoms with Crippen LogP contribution in [0.1, 0.15) is 17.2 Å². The van der Waals surface area contributed by atoms with Crippen molar-refractivity contribution >= 4 is 22.8 Å². The van der Waals surface area contributed by atoms with Gasteiger partial charge in [-0.3, -0.25) is 0 Å². The van der Waals surface area contributed by atoms with Gasteiger partial charge in [0.05, 0.1) is 36.1 Å². The summed E-state index contributed by atoms with van der Waals surface area (Å²) in [6.07, 6.45) is -1.55. The zero-order valence-electron chi connectivity index (χ0n) is 16.6. The van der Waals surface area contributed by atoms with Gasteiger partial charge in [-0.05, 0) is 6.07 Å². The van der Waals surface area contributed by atoms with Gasteiger partial charge < -0.3 is 29.0 Å². The Bertz CT molecular complexity index is 1210. The van der Waals surface area contributed by atoms with Crippen LogP contribution >= 0.6 is 11.6 Å². The van der Waals surface area contributed by atoms with E-state index in [0.717, 1.165) is 6.07 Å². The van der Waals surface area contributed by atoms with Gasteiger partial charge in [0.1, 0.15) is 35.7 Å². The van der Waals surface area contributed by atoms with Gasteiger partial charge in [0.2, 0.25) is 0 Å². The third kappa shape index (κ3) is 3.29. The number of nitrogens with one attached hydrogen (secondary N) is 1. The zero-order chi connectivity index (χ0) is 22.0. The van der Waals surface area contributed by atoms with E-state index in [1.54, 1.807) is 6.07 Å². The van der Waals surface area contributed by atoms with Crippen LogP contribution < -0.4 is 9.47 Å². The van der Waals surface area contributed by atoms with Crippen LogP contribution in [0, 0.1) is 11.6 Å². The molecule has 2 fully saturated rings. The van der Waals surface area contributed by atoms with E-state index < -0.39 is 29.9 Å². The average molecular weight is 466 g/mol. The lowest BCUT2D eigenvalue weighted by Gasteiger charge is -2.15. The number of rotatable bonds is 4. The van der Waals surface area contributed by atoms with Crippen molar-refractivity contribution in [2.24, 2.45) is 0 Å². The molecule has 168 valence electrons. The molecule has 3 aromatic rings. The van der Waals surface area contributed by atoms with Gasteiger partial charge in [-0.25, -0.2) is 13.8 Å². The van der Waals surface area contributed by atoms with E-state index in [2.05, 4.69) is 15.0 Å². The van der Waals surface area contributed by atoms with Crippen molar-refractivity contribution in [2.45, 2.75) is 36.8 Å². The number of ether oxygens (including phenoxy) is 4. The zero-order valence-corrected chi connectivity index (χ0v) is 17.3. The molecule has 11 heteroatoms. The number of imidazole rings is 1. The lowest BCUT2D eigenvalue weighted by atomic mass is 9.95. The van der Waals surface area contributed by atoms with Crippen LogP contribution in [0.4, 0.5) is 8.78 Å². The molecule has 1 aromatic carbocycles. The number of aliphatic hydroxyl groups is 1. The minimum absolute atomic E-state index is 0.205. The average Bonchev–Trinajstić information content (AvgIpc) is 3.49. The van der Waals surface area contributed by atoms with Gasteiger partial charge in [-0.2, -0.15) is 4.98 Å². The highest BCUT2D eigenvalue weighted by atomic mass is 35.5. The van der Waals surface area contributed by atoms with E-state index in [9.17, 15) is 13.9 Å². The molecule has 6 rings (SSSR count). The number of halogens is 3. The van der Waals surface area contributed by atoms with Crippen LogP contribution in [-0.2, 0) is 15.9 Å². The molecule has 5 heterocycles. The van der Waals surface area contributed by atoms with Crippen molar-refractivity contribution in [3.8, 4) is 11.8 Å². The minimum atomic E-state index is -0.681. The van der Waals surface area contributed by atoms with Crippen LogP contribution in [0.5, 0.6) is 11.8 Å². The summed E-state index contributed by atoms with van der Waals surface area (Å²) in [7, 11) is 0. The Hall–Kier alpha value is -2.53. The van der Waals surface area contributed by atoms with E-state index in [0.29, 0.717) is 33.9 Å². The molecule has 3 aliphatic rings. The van der Waals surface area contributed by atoms with E-state index in [1.807, 2.05) is 0 Å². The van der Waals surface area contributed by atoms with Crippen LogP contribution in [0.3, 0.4) is 0 Å². The van der Waals surface area contributed by atoms with Gasteiger partial charge in [0, 0.05) is 30.0 Å². The highest BCUT2D eigenvalue weighted by Crippen LogP contribution is 2.39. The summed E-state index contributed by atoms with van der Waals surface area (Å²) in [6.45, 7) is 0.685. The summed E-state index contributed by atoms with van der Waals surface area (Å²) in [4.78, 5) is 11.9. The first-order valence-electron chi connectivity index (χ1n) is 10.2. The molecule has 2 saturated heterocycles. The molecule has 0 unspecified atom stereocenters. The molecule has 2 N–H and O–H groups in total. The molecule has 0 radical (unpaired) electrons. The number of benzene rings is 1. The lowest BCUT2D eigenvalue weighted by Crippen LogP contribution is -2.34. The molecule has 0 bridgehead atoms. The number of fused-ring (bicyclic) bond motifs is 3. The third-order valence-electron chi connectivity index (χ3n) is 6.07. The standard InChI is InChI=1S/C21H18ClF2N3O5/c22-10-4-13-20(27-21(26-13)32-16-7-31-18-14(28)6-30-19(16)18)25-12(10)1-8-5-29-15-3-9(23)2-11(24)17(8)15/h2-4,8,14,16,18-19,28H,1,5-7H2,(H,25,26,27)/t8-,14-,16-,18-,19-/m1/s1. The first kappa shape index (κ1) is 20.1. The Kier molecular flexibility index (Phi) is 4.72. The summed E-state index contributed by atoms with van der Waals surface area (Å²) in [5.74, 6) is -1.47. The molecule has 3 aliphatic heterocycles. The third-order valence-corrected chi connectivity index (χ3v) is 6.39. The number of aromatic nitrogens is 3. The van der Waals surface area contributed by atoms with Gasteiger partial charge >= 0.3 is 0 Å². The fourth-order valence-electron chi connectivity index (χ4n) is 4.56. The van der Waals surface area contributed by atoms with Gasteiger partial charge in [-0.15, -0.1) is 0 Å². The summed E-state index contributed by atoms with van der Waals surface area (Å²) >= 11 is 6.43. The largest absolute Gasteiger partial charge is 0.492 e. The molecule has 0 saturated carbocycles. The van der Waals surface area contributed by atoms with E-state index in [4.69, 9.17) is 30.5 Å². The molecule has 32 heavy (non-hydrogen) atoms. The van der Waals surface area contributed by atoms with E-state index in [-0.39, 0.29) is 43.6 Å². The molecular formula is C21H18ClF2N3O5. The fourth-order valence-corrected chi connectivity index (χ4v) is 4.79. The van der Waals surface area contributed by atoms with E-state index >= 15 is 0 Å². The predicted octanol–water partition coefficient (Wildman–Crippen LogP) is 2.51. The molecule has 0 aliphatic carbocycles. The molecular weight excluding hydrogens is 448 g/mol. The molecule has 8 nitrogen and oxygen atoms in total. The van der Waals surface area contributed by atoms with E-state index in [1.165, 1.54) is 6.07 Å². The first-order chi connectivity index (χ1) is 15.5. The number of aromatic amines is 1. The van der Waals surface area contributed by atoms with Crippen molar-refractivity contribution in [1.29, 1.82) is 0 Å². The minimum Gasteiger partial charge on any atom is -0.492 e. The molecule has 0 amide bonds. The fraction of sp³-hybridized carbons (Fsp3) is 0.429. The number of hydrogen-bond donors (Lipinski definition) is 2. The van der Waals surface area contributed by atoms with Crippen molar-refractivity contribution in [3.63, 3.8) is 0 Å². The first-order valence-corrected chi connectivity index (χ1v) is 10.6. The van der Waals surface area contributed by atoms with Crippen molar-refractivity contribution in [1.82, 2.24) is 15.0 Å². The Morgan fingerprint density at radius 2 is 1.97 bits per heavy atom. The van der Waals surface area contributed by atoms with Gasteiger partial charge in [-0.1, -0.05) is 11.6 Å². The maximum Gasteiger partial charge on any atom is 0.296 e. The van der Waals surface area contributed by atoms with Crippen molar-refractivity contribution in [3.05, 3.63) is 46.1 Å². The Balaban J connectivity index is 1.23. The van der Waals surface area contributed by atoms with Gasteiger partial charge in [0.25, 0.3) is 6.01 Å². The van der Waals surface area contributed by atoms with Crippen LogP contribution in [-0.4, -0.2) is 64.3 Å². The highest BCUT2D eigenvalue weighted by Gasteiger charge is 2.48. The Labute approximate surface area is 185 Å². The van der Waals surface area contributed by atoms with Crippen molar-refractivity contribution in [2.75, 3.05) is 19.8 Å². The quantitative estimate of drug-likeness (QED) is 0.611. The number of hydrogen-bond acceptors (Lipinski definition) is 7. The van der Waals surface area contributed by atoms with Crippen molar-refractivity contribution < 1.29 is 32.8 Å². The molecule has 0 spiro atoms. The second-order valence-corrected chi connectivity index (χ2v) is 8.57. The Morgan fingerprint density at radius 1 is 1.12 bits per heavy atom. The lowest BCUT2D eigenvalue weighted by molar-refractivity contribution is 0.00706. The maximum absolute atomic E-state index is 14.3. The second kappa shape index (κ2) is 7.51. The summed E-state index contributed by atoms with van der Waals surface area (Å²) < 4.78 is 50.3. The van der Waals surface area contributed by atoms with Crippen LogP contribution in [0.25, 0.3) is 11.2 Å². The number of pyridine rings is 1. The monoisotopic (exact) mass is 465 g/mol. The number of H-pyrrole nitrogens is 1. The topological polar surface area (TPSA) is 98.7 Å².